The SMILES string of the molecule is O=C(Nc1ccnc(Cl)c1)c1nnn2c1CSc1cc(F)ccc1-2. The van der Waals surface area contributed by atoms with Crippen molar-refractivity contribution in [2.75, 3.05) is 5.32 Å². The molecule has 120 valence electrons. The zero-order chi connectivity index (χ0) is 16.7. The van der Waals surface area contributed by atoms with Gasteiger partial charge in [-0.05, 0) is 30.3 Å². The number of carbonyl (C=O) groups is 1. The number of amides is 1. The molecule has 3 aromatic rings. The number of benzene rings is 1. The minimum Gasteiger partial charge on any atom is -0.320 e. The summed E-state index contributed by atoms with van der Waals surface area (Å²) in [5.74, 6) is -0.217. The third-order valence-electron chi connectivity index (χ3n) is 3.48. The topological polar surface area (TPSA) is 72.7 Å². The summed E-state index contributed by atoms with van der Waals surface area (Å²) in [6.07, 6.45) is 1.50. The number of thioether (sulfide) groups is 1. The van der Waals surface area contributed by atoms with Crippen LogP contribution in [0.2, 0.25) is 5.15 Å². The van der Waals surface area contributed by atoms with Crippen LogP contribution in [0.3, 0.4) is 0 Å². The highest BCUT2D eigenvalue weighted by molar-refractivity contribution is 7.98. The standard InChI is InChI=1S/C15H9ClFN5OS/c16-13-6-9(3-4-18-13)19-15(23)14-11-7-24-12-5-8(17)1-2-10(12)22(11)21-20-14/h1-6H,7H2,(H,18,19,23). The van der Waals surface area contributed by atoms with Gasteiger partial charge in [-0.25, -0.2) is 14.1 Å². The van der Waals surface area contributed by atoms with E-state index in [2.05, 4.69) is 20.6 Å². The second-order valence-electron chi connectivity index (χ2n) is 5.02. The van der Waals surface area contributed by atoms with Crippen molar-refractivity contribution in [1.29, 1.82) is 0 Å². The summed E-state index contributed by atoms with van der Waals surface area (Å²) in [6.45, 7) is 0. The van der Waals surface area contributed by atoms with E-state index in [1.54, 1.807) is 22.9 Å². The van der Waals surface area contributed by atoms with Gasteiger partial charge >= 0.3 is 0 Å². The Hall–Kier alpha value is -2.45. The second-order valence-corrected chi connectivity index (χ2v) is 6.42. The number of pyridine rings is 1. The molecule has 24 heavy (non-hydrogen) atoms. The molecule has 1 aliphatic heterocycles. The van der Waals surface area contributed by atoms with Crippen LogP contribution >= 0.6 is 23.4 Å². The molecular formula is C15H9ClFN5OS. The molecule has 0 spiro atoms. The second kappa shape index (κ2) is 5.88. The van der Waals surface area contributed by atoms with Gasteiger partial charge in [0.25, 0.3) is 5.91 Å². The highest BCUT2D eigenvalue weighted by Crippen LogP contribution is 2.35. The summed E-state index contributed by atoms with van der Waals surface area (Å²) < 4.78 is 14.9. The molecule has 1 amide bonds. The predicted octanol–water partition coefficient (Wildman–Crippen LogP) is 3.31. The summed E-state index contributed by atoms with van der Waals surface area (Å²) in [5, 5.41) is 11.0. The number of hydrogen-bond acceptors (Lipinski definition) is 5. The maximum atomic E-state index is 13.3. The first-order valence-electron chi connectivity index (χ1n) is 6.92. The largest absolute Gasteiger partial charge is 0.320 e. The van der Waals surface area contributed by atoms with Crippen LogP contribution in [0, 0.1) is 5.82 Å². The van der Waals surface area contributed by atoms with Gasteiger partial charge in [-0.2, -0.15) is 0 Å². The number of nitrogens with zero attached hydrogens (tertiary/aromatic N) is 4. The first kappa shape index (κ1) is 15.1. The Morgan fingerprint density at radius 2 is 2.21 bits per heavy atom. The van der Waals surface area contributed by atoms with Crippen molar-refractivity contribution in [3.05, 3.63) is 58.9 Å². The molecule has 0 saturated carbocycles. The lowest BCUT2D eigenvalue weighted by molar-refractivity contribution is 0.102. The van der Waals surface area contributed by atoms with E-state index in [-0.39, 0.29) is 22.6 Å². The fraction of sp³-hybridized carbons (Fsp3) is 0.0667. The van der Waals surface area contributed by atoms with Crippen molar-refractivity contribution >= 4 is 35.0 Å². The van der Waals surface area contributed by atoms with Gasteiger partial charge in [-0.15, -0.1) is 16.9 Å². The summed E-state index contributed by atoms with van der Waals surface area (Å²) in [5.41, 5.74) is 2.12. The third-order valence-corrected chi connectivity index (χ3v) is 4.74. The molecule has 1 aliphatic rings. The fourth-order valence-corrected chi connectivity index (χ4v) is 3.62. The summed E-state index contributed by atoms with van der Waals surface area (Å²) in [4.78, 5) is 17.1. The molecule has 0 unspecified atom stereocenters. The third kappa shape index (κ3) is 2.63. The zero-order valence-corrected chi connectivity index (χ0v) is 13.6. The lowest BCUT2D eigenvalue weighted by atomic mass is 10.2. The average molecular weight is 362 g/mol. The Labute approximate surface area is 145 Å². The summed E-state index contributed by atoms with van der Waals surface area (Å²) >= 11 is 7.25. The minimum atomic E-state index is -0.385. The van der Waals surface area contributed by atoms with Crippen molar-refractivity contribution in [3.8, 4) is 5.69 Å². The van der Waals surface area contributed by atoms with Gasteiger partial charge in [-0.3, -0.25) is 4.79 Å². The molecule has 3 heterocycles. The number of rotatable bonds is 2. The van der Waals surface area contributed by atoms with Gasteiger partial charge in [-0.1, -0.05) is 16.8 Å². The van der Waals surface area contributed by atoms with Crippen LogP contribution in [0.1, 0.15) is 16.2 Å². The number of anilines is 1. The van der Waals surface area contributed by atoms with Crippen LogP contribution in [0.15, 0.2) is 41.4 Å². The molecule has 0 fully saturated rings. The molecule has 0 radical (unpaired) electrons. The van der Waals surface area contributed by atoms with Crippen LogP contribution < -0.4 is 5.32 Å². The van der Waals surface area contributed by atoms with E-state index in [9.17, 15) is 9.18 Å². The smallest absolute Gasteiger partial charge is 0.278 e. The van der Waals surface area contributed by atoms with Crippen LogP contribution in [-0.2, 0) is 5.75 Å². The molecule has 1 N–H and O–H groups in total. The molecule has 0 saturated heterocycles. The van der Waals surface area contributed by atoms with Crippen molar-refractivity contribution < 1.29 is 9.18 Å². The van der Waals surface area contributed by atoms with Crippen LogP contribution in [0.4, 0.5) is 10.1 Å². The summed E-state index contributed by atoms with van der Waals surface area (Å²) in [6, 6.07) is 7.60. The van der Waals surface area contributed by atoms with Gasteiger partial charge in [0.2, 0.25) is 0 Å². The number of aromatic nitrogens is 4. The number of nitrogens with one attached hydrogen (secondary N) is 1. The van der Waals surface area contributed by atoms with E-state index in [0.717, 1.165) is 4.90 Å². The first-order valence-corrected chi connectivity index (χ1v) is 8.28. The Kier molecular flexibility index (Phi) is 3.70. The molecule has 4 rings (SSSR count). The Bertz CT molecular complexity index is 961. The molecule has 1 aromatic carbocycles. The van der Waals surface area contributed by atoms with E-state index in [1.807, 2.05) is 0 Å². The van der Waals surface area contributed by atoms with Crippen molar-refractivity contribution in [1.82, 2.24) is 20.0 Å². The highest BCUT2D eigenvalue weighted by atomic mass is 35.5. The molecule has 0 bridgehead atoms. The van der Waals surface area contributed by atoms with Gasteiger partial charge in [0.05, 0.1) is 11.4 Å². The molecule has 6 nitrogen and oxygen atoms in total. The molecular weight excluding hydrogens is 353 g/mol. The Morgan fingerprint density at radius 1 is 1.33 bits per heavy atom. The van der Waals surface area contributed by atoms with Crippen molar-refractivity contribution in [2.24, 2.45) is 0 Å². The molecule has 2 aromatic heterocycles. The average Bonchev–Trinajstić information content (AvgIpc) is 2.99. The molecule has 0 atom stereocenters. The van der Waals surface area contributed by atoms with E-state index >= 15 is 0 Å². The number of carbonyl (C=O) groups excluding carboxylic acids is 1. The molecule has 0 aliphatic carbocycles. The van der Waals surface area contributed by atoms with Gasteiger partial charge in [0.15, 0.2) is 5.69 Å². The Balaban J connectivity index is 1.67. The van der Waals surface area contributed by atoms with E-state index in [0.29, 0.717) is 22.8 Å². The van der Waals surface area contributed by atoms with E-state index in [4.69, 9.17) is 11.6 Å². The number of hydrogen-bond donors (Lipinski definition) is 1. The normalized spacial score (nSPS) is 12.4. The monoisotopic (exact) mass is 361 g/mol. The lowest BCUT2D eigenvalue weighted by Gasteiger charge is -2.17. The molecule has 9 heteroatoms. The number of halogens is 2. The van der Waals surface area contributed by atoms with Gasteiger partial charge in [0.1, 0.15) is 11.0 Å². The van der Waals surface area contributed by atoms with E-state index in [1.165, 1.54) is 30.1 Å². The summed E-state index contributed by atoms with van der Waals surface area (Å²) in [7, 11) is 0. The van der Waals surface area contributed by atoms with Gasteiger partial charge in [0, 0.05) is 22.5 Å². The van der Waals surface area contributed by atoms with E-state index < -0.39 is 0 Å². The quantitative estimate of drug-likeness (QED) is 0.709. The fourth-order valence-electron chi connectivity index (χ4n) is 2.40. The number of fused-ring (bicyclic) bond motifs is 3. The minimum absolute atomic E-state index is 0.227. The van der Waals surface area contributed by atoms with Crippen LogP contribution in [-0.4, -0.2) is 25.9 Å². The zero-order valence-electron chi connectivity index (χ0n) is 12.0. The highest BCUT2D eigenvalue weighted by Gasteiger charge is 2.26. The van der Waals surface area contributed by atoms with Crippen molar-refractivity contribution in [2.45, 2.75) is 10.6 Å². The Morgan fingerprint density at radius 3 is 3.04 bits per heavy atom. The lowest BCUT2D eigenvalue weighted by Crippen LogP contribution is -2.16. The van der Waals surface area contributed by atoms with Crippen LogP contribution in [0.5, 0.6) is 0 Å². The maximum absolute atomic E-state index is 13.3. The van der Waals surface area contributed by atoms with Gasteiger partial charge < -0.3 is 5.32 Å². The predicted molar refractivity (Wildman–Crippen MR) is 88.1 cm³/mol. The first-order chi connectivity index (χ1) is 11.6. The maximum Gasteiger partial charge on any atom is 0.278 e. The van der Waals surface area contributed by atoms with Crippen molar-refractivity contribution in [3.63, 3.8) is 0 Å². The van der Waals surface area contributed by atoms with Crippen LogP contribution in [0.25, 0.3) is 5.69 Å².